The molecule has 2 atom stereocenters. The number of hydrogen-bond acceptors (Lipinski definition) is 3. The molecule has 0 saturated carbocycles. The molecule has 0 aromatic heterocycles. The van der Waals surface area contributed by atoms with Gasteiger partial charge < -0.3 is 15.1 Å². The van der Waals surface area contributed by atoms with Crippen LogP contribution in [0.2, 0.25) is 0 Å². The molecule has 1 aliphatic heterocycles. The molecular weight excluding hydrogens is 198 g/mol. The first-order valence-electron chi connectivity index (χ1n) is 6.76. The molecule has 0 bridgehead atoms. The second-order valence-electron chi connectivity index (χ2n) is 5.27. The van der Waals surface area contributed by atoms with Crippen LogP contribution >= 0.6 is 0 Å². The lowest BCUT2D eigenvalue weighted by Crippen LogP contribution is -2.44. The van der Waals surface area contributed by atoms with Gasteiger partial charge in [-0.3, -0.25) is 0 Å². The third-order valence-electron chi connectivity index (χ3n) is 3.79. The Morgan fingerprint density at radius 3 is 2.81 bits per heavy atom. The Labute approximate surface area is 101 Å². The zero-order valence-electron chi connectivity index (χ0n) is 11.5. The molecule has 3 nitrogen and oxygen atoms in total. The molecule has 16 heavy (non-hydrogen) atoms. The summed E-state index contributed by atoms with van der Waals surface area (Å²) in [5, 5.41) is 3.50. The van der Waals surface area contributed by atoms with Gasteiger partial charge in [-0.05, 0) is 53.4 Å². The Bertz CT molecular complexity index is 184. The minimum absolute atomic E-state index is 0.639. The highest BCUT2D eigenvalue weighted by molar-refractivity contribution is 4.80. The van der Waals surface area contributed by atoms with Gasteiger partial charge in [-0.2, -0.15) is 0 Å². The van der Waals surface area contributed by atoms with E-state index in [4.69, 9.17) is 0 Å². The molecule has 0 aromatic carbocycles. The summed E-state index contributed by atoms with van der Waals surface area (Å²) < 4.78 is 0. The van der Waals surface area contributed by atoms with Gasteiger partial charge >= 0.3 is 0 Å². The Kier molecular flexibility index (Phi) is 6.32. The highest BCUT2D eigenvalue weighted by Crippen LogP contribution is 2.15. The standard InChI is InChI=1S/C13H29N3/c1-5-8-14-10-12(2)16(4)11-13-7-6-9-15(13)3/h12-14H,5-11H2,1-4H3. The largest absolute Gasteiger partial charge is 0.315 e. The van der Waals surface area contributed by atoms with E-state index in [0.717, 1.165) is 19.1 Å². The van der Waals surface area contributed by atoms with Crippen molar-refractivity contribution in [2.24, 2.45) is 0 Å². The maximum atomic E-state index is 3.50. The van der Waals surface area contributed by atoms with Crippen molar-refractivity contribution in [3.05, 3.63) is 0 Å². The molecule has 96 valence electrons. The molecule has 1 aliphatic rings. The maximum absolute atomic E-state index is 3.50. The number of likely N-dealkylation sites (tertiary alicyclic amines) is 1. The lowest BCUT2D eigenvalue weighted by molar-refractivity contribution is 0.182. The quantitative estimate of drug-likeness (QED) is 0.663. The van der Waals surface area contributed by atoms with Crippen molar-refractivity contribution in [3.63, 3.8) is 0 Å². The molecular formula is C13H29N3. The lowest BCUT2D eigenvalue weighted by atomic mass is 10.2. The predicted octanol–water partition coefficient (Wildman–Crippen LogP) is 1.40. The summed E-state index contributed by atoms with van der Waals surface area (Å²) in [7, 11) is 4.51. The molecule has 0 aromatic rings. The van der Waals surface area contributed by atoms with Crippen molar-refractivity contribution in [2.45, 2.75) is 45.2 Å². The molecule has 1 fully saturated rings. The number of likely N-dealkylation sites (N-methyl/N-ethyl adjacent to an activating group) is 2. The van der Waals surface area contributed by atoms with E-state index >= 15 is 0 Å². The van der Waals surface area contributed by atoms with E-state index in [2.05, 4.69) is 43.1 Å². The van der Waals surface area contributed by atoms with Crippen molar-refractivity contribution in [2.75, 3.05) is 40.3 Å². The van der Waals surface area contributed by atoms with Crippen LogP contribution in [0.15, 0.2) is 0 Å². The van der Waals surface area contributed by atoms with Crippen molar-refractivity contribution in [1.82, 2.24) is 15.1 Å². The number of nitrogens with one attached hydrogen (secondary N) is 1. The normalized spacial score (nSPS) is 24.2. The summed E-state index contributed by atoms with van der Waals surface area (Å²) in [6.07, 6.45) is 3.97. The number of rotatable bonds is 7. The van der Waals surface area contributed by atoms with Crippen molar-refractivity contribution >= 4 is 0 Å². The SMILES string of the molecule is CCCNCC(C)N(C)CC1CCCN1C. The zero-order valence-corrected chi connectivity index (χ0v) is 11.5. The molecule has 1 rings (SSSR count). The molecule has 0 radical (unpaired) electrons. The molecule has 1 N–H and O–H groups in total. The van der Waals surface area contributed by atoms with Crippen LogP contribution in [0.3, 0.4) is 0 Å². The Morgan fingerprint density at radius 1 is 1.50 bits per heavy atom. The maximum Gasteiger partial charge on any atom is 0.0220 e. The molecule has 0 spiro atoms. The average Bonchev–Trinajstić information content (AvgIpc) is 2.64. The van der Waals surface area contributed by atoms with Gasteiger partial charge in [0.2, 0.25) is 0 Å². The third-order valence-corrected chi connectivity index (χ3v) is 3.79. The van der Waals surface area contributed by atoms with E-state index in [1.54, 1.807) is 0 Å². The summed E-state index contributed by atoms with van der Waals surface area (Å²) in [5.74, 6) is 0. The van der Waals surface area contributed by atoms with Crippen molar-refractivity contribution in [3.8, 4) is 0 Å². The van der Waals surface area contributed by atoms with Crippen LogP contribution in [0.5, 0.6) is 0 Å². The van der Waals surface area contributed by atoms with E-state index in [-0.39, 0.29) is 0 Å². The van der Waals surface area contributed by atoms with Gasteiger partial charge in [-0.15, -0.1) is 0 Å². The van der Waals surface area contributed by atoms with E-state index in [0.29, 0.717) is 6.04 Å². The second-order valence-corrected chi connectivity index (χ2v) is 5.27. The molecule has 3 heteroatoms. The van der Waals surface area contributed by atoms with E-state index in [9.17, 15) is 0 Å². The van der Waals surface area contributed by atoms with Crippen LogP contribution in [0.4, 0.5) is 0 Å². The second kappa shape index (κ2) is 7.25. The van der Waals surface area contributed by atoms with E-state index in [1.165, 1.54) is 32.4 Å². The van der Waals surface area contributed by atoms with Gasteiger partial charge in [0.25, 0.3) is 0 Å². The van der Waals surface area contributed by atoms with Gasteiger partial charge in [-0.1, -0.05) is 6.92 Å². The minimum Gasteiger partial charge on any atom is -0.315 e. The number of hydrogen-bond donors (Lipinski definition) is 1. The molecule has 2 unspecified atom stereocenters. The Balaban J connectivity index is 2.19. The van der Waals surface area contributed by atoms with Gasteiger partial charge in [0.05, 0.1) is 0 Å². The van der Waals surface area contributed by atoms with Gasteiger partial charge in [0.1, 0.15) is 0 Å². The third kappa shape index (κ3) is 4.40. The number of nitrogens with zero attached hydrogens (tertiary/aromatic N) is 2. The fourth-order valence-electron chi connectivity index (χ4n) is 2.37. The minimum atomic E-state index is 0.639. The summed E-state index contributed by atoms with van der Waals surface area (Å²) in [6.45, 7) is 9.28. The smallest absolute Gasteiger partial charge is 0.0220 e. The first-order chi connectivity index (χ1) is 7.65. The summed E-state index contributed by atoms with van der Waals surface area (Å²) in [5.41, 5.74) is 0. The van der Waals surface area contributed by atoms with Gasteiger partial charge in [-0.25, -0.2) is 0 Å². The van der Waals surface area contributed by atoms with Crippen LogP contribution < -0.4 is 5.32 Å². The van der Waals surface area contributed by atoms with E-state index < -0.39 is 0 Å². The fourth-order valence-corrected chi connectivity index (χ4v) is 2.37. The summed E-state index contributed by atoms with van der Waals surface area (Å²) >= 11 is 0. The Morgan fingerprint density at radius 2 is 2.25 bits per heavy atom. The van der Waals surface area contributed by atoms with Crippen LogP contribution in [0, 0.1) is 0 Å². The molecule has 1 saturated heterocycles. The van der Waals surface area contributed by atoms with Crippen LogP contribution in [0.25, 0.3) is 0 Å². The van der Waals surface area contributed by atoms with Crippen molar-refractivity contribution in [1.29, 1.82) is 0 Å². The van der Waals surface area contributed by atoms with Gasteiger partial charge in [0, 0.05) is 25.2 Å². The van der Waals surface area contributed by atoms with E-state index in [1.807, 2.05) is 0 Å². The molecule has 0 aliphatic carbocycles. The average molecular weight is 227 g/mol. The highest BCUT2D eigenvalue weighted by Gasteiger charge is 2.23. The van der Waals surface area contributed by atoms with Crippen LogP contribution in [-0.2, 0) is 0 Å². The van der Waals surface area contributed by atoms with Crippen molar-refractivity contribution < 1.29 is 0 Å². The summed E-state index contributed by atoms with van der Waals surface area (Å²) in [6, 6.07) is 1.42. The zero-order chi connectivity index (χ0) is 12.0. The first kappa shape index (κ1) is 13.9. The Hall–Kier alpha value is -0.120. The van der Waals surface area contributed by atoms with Gasteiger partial charge in [0.15, 0.2) is 0 Å². The summed E-state index contributed by atoms with van der Waals surface area (Å²) in [4.78, 5) is 5.00. The highest BCUT2D eigenvalue weighted by atomic mass is 15.2. The lowest BCUT2D eigenvalue weighted by Gasteiger charge is -2.30. The topological polar surface area (TPSA) is 18.5 Å². The predicted molar refractivity (Wildman–Crippen MR) is 70.9 cm³/mol. The fraction of sp³-hybridized carbons (Fsp3) is 1.00. The molecule has 0 amide bonds. The molecule has 1 heterocycles. The van der Waals surface area contributed by atoms with Crippen LogP contribution in [-0.4, -0.2) is 62.2 Å². The first-order valence-corrected chi connectivity index (χ1v) is 6.76. The monoisotopic (exact) mass is 227 g/mol. The van der Waals surface area contributed by atoms with Crippen LogP contribution in [0.1, 0.15) is 33.1 Å².